The number of halogens is 1. The molecule has 8 rings (SSSR count). The predicted molar refractivity (Wildman–Crippen MR) is 200 cm³/mol. The van der Waals surface area contributed by atoms with Crippen molar-refractivity contribution in [1.82, 2.24) is 25.3 Å². The molecule has 4 aliphatic rings. The number of hydrogen-bond donors (Lipinski definition) is 3. The minimum absolute atomic E-state index is 0.0866. The number of H-pyrrole nitrogens is 1. The molecule has 2 saturated heterocycles. The number of anilines is 1. The highest BCUT2D eigenvalue weighted by Crippen LogP contribution is 2.38. The predicted octanol–water partition coefficient (Wildman–Crippen LogP) is 6.10. The van der Waals surface area contributed by atoms with E-state index >= 15 is 0 Å². The van der Waals surface area contributed by atoms with Crippen molar-refractivity contribution in [3.8, 4) is 5.75 Å². The van der Waals surface area contributed by atoms with Crippen LogP contribution in [0, 0.1) is 0 Å². The molecule has 3 fully saturated rings. The summed E-state index contributed by atoms with van der Waals surface area (Å²) in [6.07, 6.45) is 5.78. The molecule has 1 saturated carbocycles. The molecule has 0 spiro atoms. The van der Waals surface area contributed by atoms with Crippen molar-refractivity contribution in [2.45, 2.75) is 88.4 Å². The number of aromatic nitrogens is 2. The number of piperidine rings is 2. The summed E-state index contributed by atoms with van der Waals surface area (Å²) in [6.45, 7) is 3.18. The van der Waals surface area contributed by atoms with Gasteiger partial charge in [-0.1, -0.05) is 60.1 Å². The standard InChI is InChI=1S/C41H43ClN6O5/c42-33-3-1-2-4-36(33)53-31-11-9-29(21-31)34-22-37(46-45-34)43-39(50)19-25-5-7-26(8-6-25)23-47-17-15-27(16-18-47)28-10-12-32-30(20-28)24-48(41(32)52)35-13-14-38(49)44-40(35)51/h1-8,10,12,20,22,27,29,31,35H,9,11,13-19,21,23-24H2,(H,44,49,51)(H2,43,45,46,50)/t29-,31+,35?/m0/s1. The van der Waals surface area contributed by atoms with Gasteiger partial charge in [-0.05, 0) is 98.0 Å². The Morgan fingerprint density at radius 2 is 1.70 bits per heavy atom. The van der Waals surface area contributed by atoms with Crippen LogP contribution in [0.2, 0.25) is 5.02 Å². The van der Waals surface area contributed by atoms with Gasteiger partial charge in [-0.3, -0.25) is 34.5 Å². The highest BCUT2D eigenvalue weighted by atomic mass is 35.5. The number of imide groups is 1. The van der Waals surface area contributed by atoms with E-state index in [0.717, 1.165) is 68.6 Å². The van der Waals surface area contributed by atoms with Crippen molar-refractivity contribution in [2.24, 2.45) is 0 Å². The first-order valence-corrected chi connectivity index (χ1v) is 19.0. The van der Waals surface area contributed by atoms with Crippen molar-refractivity contribution >= 4 is 41.0 Å². The van der Waals surface area contributed by atoms with E-state index in [9.17, 15) is 19.2 Å². The number of carbonyl (C=O) groups excluding carboxylic acids is 4. The molecule has 53 heavy (non-hydrogen) atoms. The van der Waals surface area contributed by atoms with Crippen LogP contribution in [0.4, 0.5) is 5.82 Å². The average Bonchev–Trinajstić information content (AvgIpc) is 3.90. The Labute approximate surface area is 313 Å². The highest BCUT2D eigenvalue weighted by Gasteiger charge is 2.39. The second kappa shape index (κ2) is 15.2. The Morgan fingerprint density at radius 1 is 0.906 bits per heavy atom. The van der Waals surface area contributed by atoms with Crippen molar-refractivity contribution in [3.63, 3.8) is 0 Å². The molecular weight excluding hydrogens is 692 g/mol. The third-order valence-electron chi connectivity index (χ3n) is 11.2. The van der Waals surface area contributed by atoms with Crippen LogP contribution in [0.15, 0.2) is 72.8 Å². The molecule has 3 atom stereocenters. The SMILES string of the molecule is O=C1CCC(N2Cc3cc(C4CCN(Cc5ccc(CC(=O)Nc6cc([C@H]7CC[C@@H](Oc8ccccc8Cl)C7)[nH]n6)cc5)CC4)ccc3C2=O)C(=O)N1. The molecule has 12 heteroatoms. The molecule has 0 bridgehead atoms. The number of amides is 4. The second-order valence-corrected chi connectivity index (χ2v) is 15.2. The smallest absolute Gasteiger partial charge is 0.255 e. The molecular formula is C41H43ClN6O5. The van der Waals surface area contributed by atoms with Gasteiger partial charge < -0.3 is 15.0 Å². The third-order valence-corrected chi connectivity index (χ3v) is 11.5. The Morgan fingerprint density at radius 3 is 2.49 bits per heavy atom. The minimum Gasteiger partial charge on any atom is -0.489 e. The van der Waals surface area contributed by atoms with Gasteiger partial charge >= 0.3 is 0 Å². The Balaban J connectivity index is 0.778. The van der Waals surface area contributed by atoms with Crippen molar-refractivity contribution in [1.29, 1.82) is 0 Å². The average molecular weight is 735 g/mol. The summed E-state index contributed by atoms with van der Waals surface area (Å²) in [7, 11) is 0. The number of nitrogens with one attached hydrogen (secondary N) is 3. The molecule has 4 amide bonds. The number of nitrogens with zero attached hydrogens (tertiary/aromatic N) is 3. The third kappa shape index (κ3) is 7.87. The molecule has 3 aromatic carbocycles. The maximum Gasteiger partial charge on any atom is 0.255 e. The fourth-order valence-corrected chi connectivity index (χ4v) is 8.51. The van der Waals surface area contributed by atoms with E-state index in [-0.39, 0.29) is 48.5 Å². The van der Waals surface area contributed by atoms with E-state index in [0.29, 0.717) is 41.0 Å². The van der Waals surface area contributed by atoms with Gasteiger partial charge in [0.05, 0.1) is 17.5 Å². The number of rotatable bonds is 10. The van der Waals surface area contributed by atoms with E-state index in [1.165, 1.54) is 11.1 Å². The van der Waals surface area contributed by atoms with Gasteiger partial charge in [-0.25, -0.2) is 0 Å². The molecule has 4 heterocycles. The zero-order valence-corrected chi connectivity index (χ0v) is 30.2. The quantitative estimate of drug-likeness (QED) is 0.168. The van der Waals surface area contributed by atoms with E-state index in [1.54, 1.807) is 4.90 Å². The molecule has 274 valence electrons. The molecule has 1 aromatic heterocycles. The van der Waals surface area contributed by atoms with Crippen LogP contribution in [-0.2, 0) is 33.9 Å². The number of para-hydroxylation sites is 1. The summed E-state index contributed by atoms with van der Waals surface area (Å²) in [6, 6.07) is 23.2. The van der Waals surface area contributed by atoms with Crippen LogP contribution in [0.3, 0.4) is 0 Å². The van der Waals surface area contributed by atoms with Crippen molar-refractivity contribution in [3.05, 3.63) is 111 Å². The lowest BCUT2D eigenvalue weighted by Crippen LogP contribution is -2.52. The van der Waals surface area contributed by atoms with Gasteiger partial charge in [-0.2, -0.15) is 5.10 Å². The normalized spacial score (nSPS) is 22.2. The number of aromatic amines is 1. The Kier molecular flexibility index (Phi) is 10.0. The molecule has 11 nitrogen and oxygen atoms in total. The van der Waals surface area contributed by atoms with Crippen LogP contribution in [0.1, 0.15) is 95.1 Å². The fourth-order valence-electron chi connectivity index (χ4n) is 8.33. The van der Waals surface area contributed by atoms with E-state index in [1.807, 2.05) is 48.5 Å². The van der Waals surface area contributed by atoms with E-state index in [2.05, 4.69) is 50.0 Å². The van der Waals surface area contributed by atoms with Crippen LogP contribution < -0.4 is 15.4 Å². The first-order chi connectivity index (χ1) is 25.8. The number of likely N-dealkylation sites (tertiary alicyclic amines) is 1. The van der Waals surface area contributed by atoms with Crippen LogP contribution in [0.25, 0.3) is 0 Å². The molecule has 3 N–H and O–H groups in total. The minimum atomic E-state index is -0.597. The number of carbonyl (C=O) groups is 4. The van der Waals surface area contributed by atoms with Gasteiger partial charge in [0.2, 0.25) is 17.7 Å². The van der Waals surface area contributed by atoms with E-state index < -0.39 is 6.04 Å². The van der Waals surface area contributed by atoms with Crippen LogP contribution in [-0.4, -0.2) is 68.9 Å². The maximum atomic E-state index is 13.1. The summed E-state index contributed by atoms with van der Waals surface area (Å²) in [5.41, 5.74) is 6.01. The number of ether oxygens (including phenoxy) is 1. The topological polar surface area (TPSA) is 137 Å². The van der Waals surface area contributed by atoms with Gasteiger partial charge in [0.15, 0.2) is 5.82 Å². The summed E-state index contributed by atoms with van der Waals surface area (Å²) >= 11 is 6.27. The largest absolute Gasteiger partial charge is 0.489 e. The molecule has 3 aliphatic heterocycles. The van der Waals surface area contributed by atoms with E-state index in [4.69, 9.17) is 16.3 Å². The highest BCUT2D eigenvalue weighted by molar-refractivity contribution is 6.32. The summed E-state index contributed by atoms with van der Waals surface area (Å²) in [5.74, 6) is 1.03. The zero-order chi connectivity index (χ0) is 36.5. The second-order valence-electron chi connectivity index (χ2n) is 14.8. The Hall–Kier alpha value is -5.00. The van der Waals surface area contributed by atoms with Crippen LogP contribution >= 0.6 is 11.6 Å². The lowest BCUT2D eigenvalue weighted by molar-refractivity contribution is -0.137. The van der Waals surface area contributed by atoms with Gasteiger partial charge in [0.1, 0.15) is 11.8 Å². The summed E-state index contributed by atoms with van der Waals surface area (Å²) < 4.78 is 6.14. The number of hydrogen-bond acceptors (Lipinski definition) is 7. The maximum absolute atomic E-state index is 13.1. The number of benzene rings is 3. The molecule has 4 aromatic rings. The lowest BCUT2D eigenvalue weighted by atomic mass is 9.87. The molecule has 0 radical (unpaired) electrons. The van der Waals surface area contributed by atoms with Gasteiger partial charge in [0.25, 0.3) is 5.91 Å². The summed E-state index contributed by atoms with van der Waals surface area (Å²) in [4.78, 5) is 54.1. The van der Waals surface area contributed by atoms with Crippen molar-refractivity contribution < 1.29 is 23.9 Å². The van der Waals surface area contributed by atoms with Gasteiger partial charge in [0, 0.05) is 42.8 Å². The first kappa shape index (κ1) is 35.1. The zero-order valence-electron chi connectivity index (χ0n) is 29.5. The van der Waals surface area contributed by atoms with Crippen molar-refractivity contribution in [2.75, 3.05) is 18.4 Å². The molecule has 1 unspecified atom stereocenters. The Bertz CT molecular complexity index is 2020. The first-order valence-electron chi connectivity index (χ1n) is 18.6. The summed E-state index contributed by atoms with van der Waals surface area (Å²) in [5, 5.41) is 13.4. The van der Waals surface area contributed by atoms with Gasteiger partial charge in [-0.15, -0.1) is 0 Å². The fraction of sp³-hybridized carbons (Fsp3) is 0.390. The lowest BCUT2D eigenvalue weighted by Gasteiger charge is -2.32. The van der Waals surface area contributed by atoms with Crippen LogP contribution in [0.5, 0.6) is 5.75 Å². The molecule has 1 aliphatic carbocycles. The monoisotopic (exact) mass is 734 g/mol. The number of fused-ring (bicyclic) bond motifs is 1.